The SMILES string of the molecule is CONC(=O)N(C(=N)N)c1c(C)cc(Br)cc1Cl. The Morgan fingerprint density at radius 3 is 2.67 bits per heavy atom. The van der Waals surface area contributed by atoms with Gasteiger partial charge in [-0.1, -0.05) is 27.5 Å². The van der Waals surface area contributed by atoms with Gasteiger partial charge in [0.2, 0.25) is 5.96 Å². The zero-order valence-corrected chi connectivity index (χ0v) is 12.1. The van der Waals surface area contributed by atoms with Gasteiger partial charge in [0.1, 0.15) is 0 Å². The van der Waals surface area contributed by atoms with Gasteiger partial charge in [-0.2, -0.15) is 0 Å². The van der Waals surface area contributed by atoms with Gasteiger partial charge in [0.25, 0.3) is 0 Å². The van der Waals surface area contributed by atoms with Crippen molar-refractivity contribution < 1.29 is 9.63 Å². The van der Waals surface area contributed by atoms with Gasteiger partial charge < -0.3 is 5.73 Å². The lowest BCUT2D eigenvalue weighted by atomic mass is 10.2. The number of carbonyl (C=O) groups excluding carboxylic acids is 1. The molecule has 6 nitrogen and oxygen atoms in total. The van der Waals surface area contributed by atoms with Crippen LogP contribution in [-0.4, -0.2) is 19.1 Å². The molecule has 0 bridgehead atoms. The van der Waals surface area contributed by atoms with Crippen molar-refractivity contribution in [2.75, 3.05) is 12.0 Å². The fourth-order valence-corrected chi connectivity index (χ4v) is 2.50. The Morgan fingerprint density at radius 1 is 1.61 bits per heavy atom. The first kappa shape index (κ1) is 14.7. The molecular formula is C10H12BrClN4O2. The first-order valence-corrected chi connectivity index (χ1v) is 5.98. The zero-order valence-electron chi connectivity index (χ0n) is 9.75. The van der Waals surface area contributed by atoms with Gasteiger partial charge >= 0.3 is 6.03 Å². The third-order valence-corrected chi connectivity index (χ3v) is 2.82. The molecule has 0 aliphatic heterocycles. The normalized spacial score (nSPS) is 10.0. The fourth-order valence-electron chi connectivity index (χ4n) is 1.44. The Labute approximate surface area is 118 Å². The minimum absolute atomic E-state index is 0.295. The van der Waals surface area contributed by atoms with E-state index >= 15 is 0 Å². The number of guanidine groups is 1. The van der Waals surface area contributed by atoms with Crippen LogP contribution in [0.3, 0.4) is 0 Å². The number of amides is 2. The van der Waals surface area contributed by atoms with Crippen molar-refractivity contribution in [1.82, 2.24) is 5.48 Å². The molecule has 0 fully saturated rings. The van der Waals surface area contributed by atoms with E-state index in [0.29, 0.717) is 16.3 Å². The molecule has 0 aliphatic carbocycles. The predicted octanol–water partition coefficient (Wildman–Crippen LogP) is 2.38. The molecule has 1 rings (SSSR count). The lowest BCUT2D eigenvalue weighted by molar-refractivity contribution is 0.112. The van der Waals surface area contributed by atoms with Crippen LogP contribution in [0, 0.1) is 12.3 Å². The molecule has 1 aromatic rings. The van der Waals surface area contributed by atoms with E-state index in [-0.39, 0.29) is 0 Å². The lowest BCUT2D eigenvalue weighted by Gasteiger charge is -2.23. The summed E-state index contributed by atoms with van der Waals surface area (Å²) in [6.45, 7) is 1.75. The Morgan fingerprint density at radius 2 is 2.22 bits per heavy atom. The number of hydrogen-bond donors (Lipinski definition) is 3. The molecule has 98 valence electrons. The minimum atomic E-state index is -0.697. The first-order valence-electron chi connectivity index (χ1n) is 4.81. The summed E-state index contributed by atoms with van der Waals surface area (Å²) < 4.78 is 0.768. The van der Waals surface area contributed by atoms with Gasteiger partial charge in [-0.05, 0) is 24.6 Å². The molecule has 8 heteroatoms. The van der Waals surface area contributed by atoms with E-state index in [1.54, 1.807) is 19.1 Å². The third-order valence-electron chi connectivity index (χ3n) is 2.08. The van der Waals surface area contributed by atoms with E-state index in [9.17, 15) is 4.79 Å². The lowest BCUT2D eigenvalue weighted by Crippen LogP contribution is -2.47. The number of aryl methyl sites for hydroxylation is 1. The summed E-state index contributed by atoms with van der Waals surface area (Å²) in [5.41, 5.74) is 8.51. The smallest absolute Gasteiger partial charge is 0.352 e. The van der Waals surface area contributed by atoms with Crippen molar-refractivity contribution in [3.8, 4) is 0 Å². The van der Waals surface area contributed by atoms with Crippen molar-refractivity contribution in [3.05, 3.63) is 27.2 Å². The highest BCUT2D eigenvalue weighted by Gasteiger charge is 2.23. The molecule has 0 radical (unpaired) electrons. The van der Waals surface area contributed by atoms with E-state index < -0.39 is 12.0 Å². The molecule has 18 heavy (non-hydrogen) atoms. The number of rotatable bonds is 2. The van der Waals surface area contributed by atoms with Crippen LogP contribution in [0.4, 0.5) is 10.5 Å². The number of urea groups is 1. The fraction of sp³-hybridized carbons (Fsp3) is 0.200. The van der Waals surface area contributed by atoms with Crippen molar-refractivity contribution >= 4 is 45.2 Å². The number of nitrogens with zero attached hydrogens (tertiary/aromatic N) is 1. The van der Waals surface area contributed by atoms with Crippen molar-refractivity contribution in [2.45, 2.75) is 6.92 Å². The summed E-state index contributed by atoms with van der Waals surface area (Å²) in [6.07, 6.45) is 0. The van der Waals surface area contributed by atoms with Crippen LogP contribution in [0.5, 0.6) is 0 Å². The molecule has 0 heterocycles. The molecule has 0 atom stereocenters. The monoisotopic (exact) mass is 334 g/mol. The maximum Gasteiger partial charge on any atom is 0.352 e. The van der Waals surface area contributed by atoms with Crippen LogP contribution in [0.2, 0.25) is 5.02 Å². The molecule has 1 aromatic carbocycles. The second-order valence-corrected chi connectivity index (χ2v) is 4.71. The summed E-state index contributed by atoms with van der Waals surface area (Å²) in [5, 5.41) is 7.76. The molecule has 0 saturated heterocycles. The van der Waals surface area contributed by atoms with E-state index in [4.69, 9.17) is 22.7 Å². The molecule has 0 aromatic heterocycles. The van der Waals surface area contributed by atoms with Crippen molar-refractivity contribution in [2.24, 2.45) is 5.73 Å². The Hall–Kier alpha value is -1.31. The van der Waals surface area contributed by atoms with E-state index in [0.717, 1.165) is 9.37 Å². The summed E-state index contributed by atoms with van der Waals surface area (Å²) in [5.74, 6) is -0.461. The van der Waals surface area contributed by atoms with Gasteiger partial charge in [0.05, 0.1) is 17.8 Å². The van der Waals surface area contributed by atoms with Crippen LogP contribution >= 0.6 is 27.5 Å². The molecule has 2 amide bonds. The van der Waals surface area contributed by atoms with Gasteiger partial charge in [0.15, 0.2) is 0 Å². The molecule has 0 spiro atoms. The van der Waals surface area contributed by atoms with Gasteiger partial charge in [-0.25, -0.2) is 15.2 Å². The van der Waals surface area contributed by atoms with Crippen molar-refractivity contribution in [3.63, 3.8) is 0 Å². The molecule has 0 saturated carbocycles. The van der Waals surface area contributed by atoms with Crippen LogP contribution in [0.1, 0.15) is 5.56 Å². The number of hydroxylamine groups is 1. The van der Waals surface area contributed by atoms with Crippen LogP contribution in [0.15, 0.2) is 16.6 Å². The number of anilines is 1. The summed E-state index contributed by atoms with van der Waals surface area (Å²) in [6, 6.07) is 2.68. The Bertz CT molecular complexity index is 472. The topological polar surface area (TPSA) is 91.4 Å². The predicted molar refractivity (Wildman–Crippen MR) is 73.8 cm³/mol. The minimum Gasteiger partial charge on any atom is -0.369 e. The first-order chi connectivity index (χ1) is 8.38. The number of benzene rings is 1. The Balaban J connectivity index is 3.31. The van der Waals surface area contributed by atoms with Gasteiger partial charge in [-0.3, -0.25) is 10.2 Å². The average molecular weight is 336 g/mol. The quantitative estimate of drug-likeness (QED) is 0.440. The van der Waals surface area contributed by atoms with Gasteiger partial charge in [-0.15, -0.1) is 0 Å². The number of nitrogens with two attached hydrogens (primary N) is 1. The number of nitrogens with one attached hydrogen (secondary N) is 2. The van der Waals surface area contributed by atoms with Crippen LogP contribution in [0.25, 0.3) is 0 Å². The number of carbonyl (C=O) groups is 1. The van der Waals surface area contributed by atoms with Crippen LogP contribution in [-0.2, 0) is 4.84 Å². The second-order valence-electron chi connectivity index (χ2n) is 3.39. The average Bonchev–Trinajstić information content (AvgIpc) is 2.22. The van der Waals surface area contributed by atoms with E-state index in [1.807, 2.05) is 0 Å². The maximum absolute atomic E-state index is 11.8. The highest BCUT2D eigenvalue weighted by atomic mass is 79.9. The summed E-state index contributed by atoms with van der Waals surface area (Å²) in [7, 11) is 1.28. The highest BCUT2D eigenvalue weighted by molar-refractivity contribution is 9.10. The highest BCUT2D eigenvalue weighted by Crippen LogP contribution is 2.32. The molecule has 0 unspecified atom stereocenters. The van der Waals surface area contributed by atoms with E-state index in [1.165, 1.54) is 7.11 Å². The molecule has 0 aliphatic rings. The van der Waals surface area contributed by atoms with Crippen LogP contribution < -0.4 is 16.1 Å². The second kappa shape index (κ2) is 6.03. The Kier molecular flexibility index (Phi) is 4.94. The maximum atomic E-state index is 11.8. The molecular weight excluding hydrogens is 323 g/mol. The largest absolute Gasteiger partial charge is 0.369 e. The summed E-state index contributed by atoms with van der Waals surface area (Å²) in [4.78, 5) is 17.2. The number of halogens is 2. The van der Waals surface area contributed by atoms with E-state index in [2.05, 4.69) is 26.2 Å². The van der Waals surface area contributed by atoms with Gasteiger partial charge in [0, 0.05) is 4.47 Å². The number of hydrogen-bond acceptors (Lipinski definition) is 3. The third kappa shape index (κ3) is 3.12. The molecule has 4 N–H and O–H groups in total. The standard InChI is InChI=1S/C10H12BrClN4O2/c1-5-3-6(11)4-7(12)8(5)16(9(13)14)10(17)15-18-2/h3-4H,1-2H3,(H3,13,14)(H,15,17). The summed E-state index contributed by atoms with van der Waals surface area (Å²) >= 11 is 9.36. The zero-order chi connectivity index (χ0) is 13.9. The van der Waals surface area contributed by atoms with Crippen molar-refractivity contribution in [1.29, 1.82) is 5.41 Å².